The lowest BCUT2D eigenvalue weighted by Crippen LogP contribution is -2.38. The van der Waals surface area contributed by atoms with E-state index in [2.05, 4.69) is 10.6 Å². The van der Waals surface area contributed by atoms with Crippen molar-refractivity contribution in [2.45, 2.75) is 13.0 Å². The van der Waals surface area contributed by atoms with Crippen molar-refractivity contribution in [2.75, 3.05) is 18.0 Å². The molecule has 0 aromatic heterocycles. The lowest BCUT2D eigenvalue weighted by molar-refractivity contribution is -0.117. The first-order chi connectivity index (χ1) is 12.1. The van der Waals surface area contributed by atoms with Gasteiger partial charge < -0.3 is 15.5 Å². The Morgan fingerprint density at radius 3 is 2.52 bits per heavy atom. The fraction of sp³-hybridized carbons (Fsp3) is 0.263. The maximum Gasteiger partial charge on any atom is 0.315 e. The molecule has 1 fully saturated rings. The van der Waals surface area contributed by atoms with Crippen molar-refractivity contribution in [2.24, 2.45) is 5.92 Å². The number of amides is 3. The average molecular weight is 358 g/mol. The van der Waals surface area contributed by atoms with Crippen LogP contribution in [0.4, 0.5) is 10.5 Å². The number of halogens is 1. The summed E-state index contributed by atoms with van der Waals surface area (Å²) in [6, 6.07) is 16.7. The van der Waals surface area contributed by atoms with Crippen molar-refractivity contribution in [3.63, 3.8) is 0 Å². The van der Waals surface area contributed by atoms with E-state index in [9.17, 15) is 9.59 Å². The molecule has 2 N–H and O–H groups in total. The molecule has 1 aliphatic heterocycles. The van der Waals surface area contributed by atoms with Crippen LogP contribution in [0.15, 0.2) is 54.6 Å². The summed E-state index contributed by atoms with van der Waals surface area (Å²) in [4.78, 5) is 25.9. The number of benzene rings is 2. The Balaban J connectivity index is 1.43. The Hall–Kier alpha value is -2.53. The number of hydrogen-bond donors (Lipinski definition) is 2. The predicted octanol–water partition coefficient (Wildman–Crippen LogP) is 3.19. The number of urea groups is 1. The normalized spacial score (nSPS) is 16.8. The van der Waals surface area contributed by atoms with Gasteiger partial charge in [-0.3, -0.25) is 4.79 Å². The fourth-order valence-corrected chi connectivity index (χ4v) is 2.99. The van der Waals surface area contributed by atoms with Gasteiger partial charge in [0.05, 0.1) is 0 Å². The highest BCUT2D eigenvalue weighted by atomic mass is 35.5. The van der Waals surface area contributed by atoms with Crippen LogP contribution in [0.1, 0.15) is 12.0 Å². The molecular formula is C19H20ClN3O2. The Bertz CT molecular complexity index is 734. The number of rotatable bonds is 5. The number of anilines is 1. The molecule has 6 heteroatoms. The monoisotopic (exact) mass is 357 g/mol. The van der Waals surface area contributed by atoms with E-state index in [4.69, 9.17) is 11.6 Å². The van der Waals surface area contributed by atoms with Gasteiger partial charge >= 0.3 is 6.03 Å². The number of nitrogens with one attached hydrogen (secondary N) is 2. The highest BCUT2D eigenvalue weighted by molar-refractivity contribution is 6.30. The lowest BCUT2D eigenvalue weighted by atomic mass is 10.1. The topological polar surface area (TPSA) is 61.4 Å². The average Bonchev–Trinajstić information content (AvgIpc) is 3.01. The molecule has 5 nitrogen and oxygen atoms in total. The van der Waals surface area contributed by atoms with E-state index in [0.29, 0.717) is 31.1 Å². The summed E-state index contributed by atoms with van der Waals surface area (Å²) in [6.07, 6.45) is 0.451. The molecule has 0 saturated carbocycles. The lowest BCUT2D eigenvalue weighted by Gasteiger charge is -2.17. The summed E-state index contributed by atoms with van der Waals surface area (Å²) < 4.78 is 0. The molecule has 2 aromatic rings. The summed E-state index contributed by atoms with van der Waals surface area (Å²) in [6.45, 7) is 1.53. The minimum atomic E-state index is -0.236. The van der Waals surface area contributed by atoms with Crippen LogP contribution in [0, 0.1) is 5.92 Å². The van der Waals surface area contributed by atoms with Gasteiger partial charge in [-0.15, -0.1) is 0 Å². The largest absolute Gasteiger partial charge is 0.338 e. The minimum absolute atomic E-state index is 0.0968. The third-order valence-electron chi connectivity index (χ3n) is 4.19. The molecule has 0 spiro atoms. The van der Waals surface area contributed by atoms with E-state index >= 15 is 0 Å². The van der Waals surface area contributed by atoms with Crippen LogP contribution in [0.2, 0.25) is 5.02 Å². The Kier molecular flexibility index (Phi) is 5.56. The Morgan fingerprint density at radius 2 is 1.80 bits per heavy atom. The molecule has 0 radical (unpaired) electrons. The molecule has 130 valence electrons. The number of para-hydroxylation sites is 1. The van der Waals surface area contributed by atoms with Crippen molar-refractivity contribution < 1.29 is 9.59 Å². The van der Waals surface area contributed by atoms with Gasteiger partial charge in [0.2, 0.25) is 5.91 Å². The van der Waals surface area contributed by atoms with E-state index in [1.54, 1.807) is 17.0 Å². The summed E-state index contributed by atoms with van der Waals surface area (Å²) in [5, 5.41) is 6.32. The van der Waals surface area contributed by atoms with Crippen LogP contribution >= 0.6 is 11.6 Å². The first kappa shape index (κ1) is 17.3. The van der Waals surface area contributed by atoms with Gasteiger partial charge in [0.25, 0.3) is 0 Å². The minimum Gasteiger partial charge on any atom is -0.338 e. The molecule has 1 aliphatic rings. The second kappa shape index (κ2) is 8.03. The van der Waals surface area contributed by atoms with Gasteiger partial charge in [-0.1, -0.05) is 41.9 Å². The van der Waals surface area contributed by atoms with Crippen molar-refractivity contribution in [1.82, 2.24) is 10.6 Å². The molecule has 3 amide bonds. The summed E-state index contributed by atoms with van der Waals surface area (Å²) in [7, 11) is 0. The zero-order chi connectivity index (χ0) is 17.6. The standard InChI is InChI=1S/C19H20ClN3O2/c20-16-8-6-14(7-9-16)11-21-19(25)22-12-15-10-18(24)23(13-15)17-4-2-1-3-5-17/h1-9,15H,10-13H2,(H2,21,22,25). The zero-order valence-corrected chi connectivity index (χ0v) is 14.5. The Labute approximate surface area is 152 Å². The smallest absolute Gasteiger partial charge is 0.315 e. The SMILES string of the molecule is O=C(NCc1ccc(Cl)cc1)NCC1CC(=O)N(c2ccccc2)C1. The van der Waals surface area contributed by atoms with Crippen LogP contribution in [0.25, 0.3) is 0 Å². The molecule has 0 aliphatic carbocycles. The van der Waals surface area contributed by atoms with Crippen LogP contribution in [-0.2, 0) is 11.3 Å². The molecule has 25 heavy (non-hydrogen) atoms. The van der Waals surface area contributed by atoms with Crippen molar-refractivity contribution in [3.05, 3.63) is 65.2 Å². The van der Waals surface area contributed by atoms with Gasteiger partial charge in [-0.25, -0.2) is 4.79 Å². The highest BCUT2D eigenvalue weighted by Crippen LogP contribution is 2.24. The van der Waals surface area contributed by atoms with Gasteiger partial charge in [0.1, 0.15) is 0 Å². The summed E-state index contributed by atoms with van der Waals surface area (Å²) in [5.74, 6) is 0.216. The van der Waals surface area contributed by atoms with Crippen LogP contribution in [0.3, 0.4) is 0 Å². The first-order valence-corrected chi connectivity index (χ1v) is 8.61. The summed E-state index contributed by atoms with van der Waals surface area (Å²) >= 11 is 5.83. The second-order valence-corrected chi connectivity index (χ2v) is 6.54. The third kappa shape index (κ3) is 4.73. The molecule has 1 atom stereocenters. The number of carbonyl (C=O) groups is 2. The maximum absolute atomic E-state index is 12.2. The summed E-state index contributed by atoms with van der Waals surface area (Å²) in [5.41, 5.74) is 1.88. The second-order valence-electron chi connectivity index (χ2n) is 6.10. The third-order valence-corrected chi connectivity index (χ3v) is 4.44. The van der Waals surface area contributed by atoms with Gasteiger partial charge in [0.15, 0.2) is 0 Å². The first-order valence-electron chi connectivity index (χ1n) is 8.23. The molecule has 2 aromatic carbocycles. The van der Waals surface area contributed by atoms with Crippen molar-refractivity contribution >= 4 is 29.2 Å². The Morgan fingerprint density at radius 1 is 1.08 bits per heavy atom. The molecule has 1 unspecified atom stereocenters. The van der Waals surface area contributed by atoms with Crippen LogP contribution in [0.5, 0.6) is 0 Å². The van der Waals surface area contributed by atoms with Crippen molar-refractivity contribution in [1.29, 1.82) is 0 Å². The highest BCUT2D eigenvalue weighted by Gasteiger charge is 2.30. The van der Waals surface area contributed by atoms with E-state index in [-0.39, 0.29) is 17.9 Å². The molecule has 1 saturated heterocycles. The van der Waals surface area contributed by atoms with E-state index < -0.39 is 0 Å². The van der Waals surface area contributed by atoms with Crippen LogP contribution in [-0.4, -0.2) is 25.0 Å². The van der Waals surface area contributed by atoms with Crippen LogP contribution < -0.4 is 15.5 Å². The molecule has 3 rings (SSSR count). The molecule has 1 heterocycles. The van der Waals surface area contributed by atoms with E-state index in [1.165, 1.54) is 0 Å². The fourth-order valence-electron chi connectivity index (χ4n) is 2.86. The van der Waals surface area contributed by atoms with Gasteiger partial charge in [-0.05, 0) is 29.8 Å². The number of carbonyl (C=O) groups excluding carboxylic acids is 2. The van der Waals surface area contributed by atoms with Crippen molar-refractivity contribution in [3.8, 4) is 0 Å². The molecule has 0 bridgehead atoms. The van der Waals surface area contributed by atoms with E-state index in [1.807, 2.05) is 42.5 Å². The van der Waals surface area contributed by atoms with Gasteiger partial charge in [-0.2, -0.15) is 0 Å². The van der Waals surface area contributed by atoms with E-state index in [0.717, 1.165) is 11.3 Å². The zero-order valence-electron chi connectivity index (χ0n) is 13.7. The quantitative estimate of drug-likeness (QED) is 0.863. The predicted molar refractivity (Wildman–Crippen MR) is 98.6 cm³/mol. The number of hydrogen-bond acceptors (Lipinski definition) is 2. The molecular weight excluding hydrogens is 338 g/mol. The number of nitrogens with zero attached hydrogens (tertiary/aromatic N) is 1. The maximum atomic E-state index is 12.2. The van der Waals surface area contributed by atoms with Gasteiger partial charge in [0, 0.05) is 42.7 Å².